The zero-order valence-corrected chi connectivity index (χ0v) is 16.0. The Kier molecular flexibility index (Phi) is 6.30. The smallest absolute Gasteiger partial charge is 0.321 e. The second kappa shape index (κ2) is 8.87. The average molecular weight is 383 g/mol. The van der Waals surface area contributed by atoms with Crippen molar-refractivity contribution in [3.63, 3.8) is 0 Å². The van der Waals surface area contributed by atoms with Crippen LogP contribution < -0.4 is 0 Å². The van der Waals surface area contributed by atoms with Crippen molar-refractivity contribution in [3.05, 3.63) is 90.3 Å². The Morgan fingerprint density at radius 3 is 2.11 bits per heavy atom. The van der Waals surface area contributed by atoms with Crippen LogP contribution in [0.2, 0.25) is 0 Å². The number of alkyl halides is 1. The predicted octanol–water partition coefficient (Wildman–Crippen LogP) is 4.43. The first kappa shape index (κ1) is 19.2. The molecule has 2 heterocycles. The zero-order chi connectivity index (χ0) is 19.1. The van der Waals surface area contributed by atoms with Crippen LogP contribution >= 0.6 is 11.6 Å². The molecule has 0 saturated carbocycles. The summed E-state index contributed by atoms with van der Waals surface area (Å²) in [5.74, 6) is 0.539. The number of carbonyl (C=O) groups is 1. The van der Waals surface area contributed by atoms with Crippen LogP contribution in [0, 0.1) is 0 Å². The van der Waals surface area contributed by atoms with Crippen LogP contribution in [0.3, 0.4) is 0 Å². The van der Waals surface area contributed by atoms with Crippen LogP contribution in [0.1, 0.15) is 24.5 Å². The van der Waals surface area contributed by atoms with Crippen molar-refractivity contribution >= 4 is 17.6 Å². The number of hydrogen-bond acceptors (Lipinski definition) is 3. The molecule has 1 fully saturated rings. The molecule has 1 saturated heterocycles. The first-order chi connectivity index (χ1) is 13.2. The van der Waals surface area contributed by atoms with Crippen LogP contribution in [0.15, 0.2) is 79.1 Å². The maximum atomic E-state index is 13.0. The van der Waals surface area contributed by atoms with E-state index in [0.717, 1.165) is 17.0 Å². The summed E-state index contributed by atoms with van der Waals surface area (Å²) >= 11 is 5.00. The lowest BCUT2D eigenvalue weighted by Crippen LogP contribution is -2.33. The first-order valence-electron chi connectivity index (χ1n) is 9.06. The summed E-state index contributed by atoms with van der Waals surface area (Å²) in [5, 5.41) is 4.22. The molecule has 1 unspecified atom stereocenters. The van der Waals surface area contributed by atoms with Crippen molar-refractivity contribution in [1.29, 1.82) is 0 Å². The Labute approximate surface area is 164 Å². The van der Waals surface area contributed by atoms with Gasteiger partial charge in [-0.3, -0.25) is 9.48 Å². The molecule has 0 bridgehead atoms. The molecule has 0 aliphatic carbocycles. The lowest BCUT2D eigenvalue weighted by molar-refractivity contribution is -0.145. The molecule has 2 aromatic carbocycles. The number of halogens is 1. The Bertz CT molecular complexity index is 796. The lowest BCUT2D eigenvalue weighted by Gasteiger charge is -2.26. The number of esters is 1. The van der Waals surface area contributed by atoms with Gasteiger partial charge in [0.2, 0.25) is 0 Å². The van der Waals surface area contributed by atoms with Gasteiger partial charge >= 0.3 is 5.97 Å². The molecule has 0 amide bonds. The van der Waals surface area contributed by atoms with Gasteiger partial charge in [-0.2, -0.15) is 5.10 Å². The monoisotopic (exact) mass is 382 g/mol. The van der Waals surface area contributed by atoms with Crippen molar-refractivity contribution in [2.45, 2.75) is 31.4 Å². The van der Waals surface area contributed by atoms with E-state index in [1.807, 2.05) is 84.5 Å². The molecule has 27 heavy (non-hydrogen) atoms. The largest absolute Gasteiger partial charge is 0.459 e. The van der Waals surface area contributed by atoms with Gasteiger partial charge < -0.3 is 4.74 Å². The summed E-state index contributed by atoms with van der Waals surface area (Å²) in [6, 6.07) is 21.7. The average Bonchev–Trinajstić information content (AvgIpc) is 3.32. The second-order valence-electron chi connectivity index (χ2n) is 6.36. The normalized spacial score (nSPS) is 17.7. The van der Waals surface area contributed by atoms with Crippen molar-refractivity contribution in [3.8, 4) is 0 Å². The van der Waals surface area contributed by atoms with Crippen LogP contribution in [0.4, 0.5) is 0 Å². The quantitative estimate of drug-likeness (QED) is 0.495. The summed E-state index contributed by atoms with van der Waals surface area (Å²) in [5.41, 5.74) is 1.20. The summed E-state index contributed by atoms with van der Waals surface area (Å²) in [4.78, 5) is 13.0. The van der Waals surface area contributed by atoms with E-state index in [0.29, 0.717) is 13.0 Å². The van der Waals surface area contributed by atoms with Crippen molar-refractivity contribution in [2.75, 3.05) is 5.88 Å². The maximum Gasteiger partial charge on any atom is 0.321 e. The Morgan fingerprint density at radius 1 is 1.07 bits per heavy atom. The van der Waals surface area contributed by atoms with Crippen molar-refractivity contribution in [1.82, 2.24) is 9.78 Å². The number of benzene rings is 2. The van der Waals surface area contributed by atoms with E-state index in [-0.39, 0.29) is 12.1 Å². The molecular weight excluding hydrogens is 360 g/mol. The van der Waals surface area contributed by atoms with E-state index in [1.54, 1.807) is 6.20 Å². The maximum absolute atomic E-state index is 13.0. The Morgan fingerprint density at radius 2 is 1.63 bits per heavy atom. The van der Waals surface area contributed by atoms with Gasteiger partial charge in [0.05, 0.1) is 6.54 Å². The molecule has 5 heteroatoms. The highest BCUT2D eigenvalue weighted by Gasteiger charge is 2.51. The second-order valence-corrected chi connectivity index (χ2v) is 6.90. The molecule has 1 aliphatic rings. The van der Waals surface area contributed by atoms with E-state index < -0.39 is 5.41 Å². The number of carbonyl (C=O) groups excluding carboxylic acids is 1. The molecule has 0 N–H and O–H groups in total. The SMILES string of the molecule is CCCl.O=C1OC(Cn2cccn2)CC1(c1ccccc1)c1ccccc1. The van der Waals surface area contributed by atoms with Gasteiger partial charge in [0.25, 0.3) is 0 Å². The van der Waals surface area contributed by atoms with Gasteiger partial charge in [-0.1, -0.05) is 67.6 Å². The standard InChI is InChI=1S/C20H18N2O2.C2H5Cl/c23-19-20(16-8-3-1-4-9-16,17-10-5-2-6-11-17)14-18(24-19)15-22-13-7-12-21-22;1-2-3/h1-13,18H,14-15H2;2H2,1H3. The minimum Gasteiger partial charge on any atom is -0.459 e. The van der Waals surface area contributed by atoms with Crippen LogP contribution in [-0.2, 0) is 21.5 Å². The Balaban J connectivity index is 0.000000659. The summed E-state index contributed by atoms with van der Waals surface area (Å²) < 4.78 is 7.57. The fourth-order valence-electron chi connectivity index (χ4n) is 3.52. The fraction of sp³-hybridized carbons (Fsp3) is 0.273. The number of hydrogen-bond donors (Lipinski definition) is 0. The molecule has 1 atom stereocenters. The third-order valence-corrected chi connectivity index (χ3v) is 4.64. The fourth-order valence-corrected chi connectivity index (χ4v) is 3.52. The highest BCUT2D eigenvalue weighted by atomic mass is 35.5. The van der Waals surface area contributed by atoms with E-state index in [1.165, 1.54) is 0 Å². The molecule has 4 nitrogen and oxygen atoms in total. The van der Waals surface area contributed by atoms with Gasteiger partial charge in [-0.25, -0.2) is 0 Å². The lowest BCUT2D eigenvalue weighted by atomic mass is 9.72. The minimum atomic E-state index is -0.750. The van der Waals surface area contributed by atoms with Crippen LogP contribution in [0.5, 0.6) is 0 Å². The number of nitrogens with zero attached hydrogens (tertiary/aromatic N) is 2. The molecular formula is C22H23ClN2O2. The topological polar surface area (TPSA) is 44.1 Å². The van der Waals surface area contributed by atoms with Crippen LogP contribution in [0.25, 0.3) is 0 Å². The first-order valence-corrected chi connectivity index (χ1v) is 9.59. The summed E-state index contributed by atoms with van der Waals surface area (Å²) in [6.45, 7) is 2.46. The summed E-state index contributed by atoms with van der Waals surface area (Å²) in [7, 11) is 0. The number of ether oxygens (including phenoxy) is 1. The molecule has 1 aromatic heterocycles. The molecule has 4 rings (SSSR count). The van der Waals surface area contributed by atoms with Gasteiger partial charge in [0.1, 0.15) is 11.5 Å². The number of rotatable bonds is 4. The number of cyclic esters (lactones) is 1. The van der Waals surface area contributed by atoms with E-state index in [9.17, 15) is 4.79 Å². The van der Waals surface area contributed by atoms with Gasteiger partial charge in [-0.15, -0.1) is 11.6 Å². The van der Waals surface area contributed by atoms with E-state index in [4.69, 9.17) is 16.3 Å². The van der Waals surface area contributed by atoms with Crippen molar-refractivity contribution in [2.24, 2.45) is 0 Å². The zero-order valence-electron chi connectivity index (χ0n) is 15.3. The van der Waals surface area contributed by atoms with Crippen molar-refractivity contribution < 1.29 is 9.53 Å². The summed E-state index contributed by atoms with van der Waals surface area (Å²) in [6.07, 6.45) is 4.04. The van der Waals surface area contributed by atoms with Gasteiger partial charge in [0, 0.05) is 24.7 Å². The third kappa shape index (κ3) is 4.06. The molecule has 140 valence electrons. The van der Waals surface area contributed by atoms with Gasteiger partial charge in [-0.05, 0) is 17.2 Å². The minimum absolute atomic E-state index is 0.183. The Hall–Kier alpha value is -2.59. The highest BCUT2D eigenvalue weighted by Crippen LogP contribution is 2.43. The van der Waals surface area contributed by atoms with E-state index in [2.05, 4.69) is 5.10 Å². The number of aromatic nitrogens is 2. The third-order valence-electron chi connectivity index (χ3n) is 4.64. The molecule has 3 aromatic rings. The van der Waals surface area contributed by atoms with Gasteiger partial charge in [0.15, 0.2) is 0 Å². The predicted molar refractivity (Wildman–Crippen MR) is 107 cm³/mol. The van der Waals surface area contributed by atoms with Crippen LogP contribution in [-0.4, -0.2) is 27.7 Å². The highest BCUT2D eigenvalue weighted by molar-refractivity contribution is 6.17. The molecule has 1 aliphatic heterocycles. The van der Waals surface area contributed by atoms with E-state index >= 15 is 0 Å². The molecule has 0 spiro atoms. The molecule has 0 radical (unpaired) electrons.